The Hall–Kier alpha value is -3.53. The molecule has 2 fully saturated rings. The maximum atomic E-state index is 14.0. The number of rotatable bonds is 9. The zero-order valence-electron chi connectivity index (χ0n) is 20.3. The van der Waals surface area contributed by atoms with Gasteiger partial charge in [0.05, 0.1) is 4.90 Å². The number of nitrogens with zero attached hydrogens (tertiary/aromatic N) is 2. The molecule has 0 aromatic heterocycles. The molecule has 0 bridgehead atoms. The molecule has 3 aromatic carbocycles. The van der Waals surface area contributed by atoms with E-state index in [1.807, 2.05) is 12.1 Å². The van der Waals surface area contributed by atoms with Gasteiger partial charge in [-0.3, -0.25) is 19.3 Å². The first-order chi connectivity index (χ1) is 18.1. The Morgan fingerprint density at radius 2 is 1.47 bits per heavy atom. The fourth-order valence-corrected chi connectivity index (χ4v) is 7.03. The van der Waals surface area contributed by atoms with Gasteiger partial charge in [0.25, 0.3) is 0 Å². The Bertz CT molecular complexity index is 1480. The van der Waals surface area contributed by atoms with E-state index in [4.69, 9.17) is 11.6 Å². The van der Waals surface area contributed by atoms with Crippen LogP contribution in [0, 0.1) is 0 Å². The highest BCUT2D eigenvalue weighted by atomic mass is 35.5. The van der Waals surface area contributed by atoms with Crippen molar-refractivity contribution in [1.82, 2.24) is 9.21 Å². The summed E-state index contributed by atoms with van der Waals surface area (Å²) in [7, 11) is -4.33. The number of amides is 2. The largest absolute Gasteiger partial charge is 0.480 e. The molecule has 10 heteroatoms. The number of carbonyl (C=O) groups is 3. The van der Waals surface area contributed by atoms with Crippen molar-refractivity contribution in [3.63, 3.8) is 0 Å². The van der Waals surface area contributed by atoms with E-state index < -0.39 is 27.4 Å². The summed E-state index contributed by atoms with van der Waals surface area (Å²) >= 11 is 5.97. The van der Waals surface area contributed by atoms with Gasteiger partial charge in [-0.25, -0.2) is 8.42 Å². The molecule has 1 saturated carbocycles. The van der Waals surface area contributed by atoms with Crippen molar-refractivity contribution in [1.29, 1.82) is 0 Å². The first-order valence-corrected chi connectivity index (χ1v) is 14.0. The van der Waals surface area contributed by atoms with Gasteiger partial charge in [-0.05, 0) is 47.4 Å². The zero-order valence-corrected chi connectivity index (χ0v) is 21.9. The number of carboxylic acid groups (broad SMARTS) is 1. The number of hydrogen-bond acceptors (Lipinski definition) is 5. The van der Waals surface area contributed by atoms with Crippen LogP contribution >= 0.6 is 11.6 Å². The SMILES string of the molecule is O=C1CCC(=O)N1CCN([C@]1(C(=O)O)C[C@H]1c1ccccc1)S(=O)(=O)c1ccc(-c2ccc(Cl)cc2)cc1. The fraction of sp³-hybridized carbons (Fsp3) is 0.250. The van der Waals surface area contributed by atoms with Gasteiger partial charge in [-0.15, -0.1) is 0 Å². The first kappa shape index (κ1) is 26.1. The minimum atomic E-state index is -4.33. The highest BCUT2D eigenvalue weighted by molar-refractivity contribution is 7.89. The van der Waals surface area contributed by atoms with E-state index >= 15 is 0 Å². The molecule has 0 radical (unpaired) electrons. The first-order valence-electron chi connectivity index (χ1n) is 12.1. The number of carboxylic acids is 1. The second-order valence-electron chi connectivity index (χ2n) is 9.44. The third-order valence-corrected chi connectivity index (χ3v) is 9.46. The average Bonchev–Trinajstić information content (AvgIpc) is 3.59. The van der Waals surface area contributed by atoms with Crippen LogP contribution in [0.3, 0.4) is 0 Å². The number of carbonyl (C=O) groups excluding carboxylic acids is 2. The van der Waals surface area contributed by atoms with Gasteiger partial charge >= 0.3 is 5.97 Å². The van der Waals surface area contributed by atoms with E-state index in [0.717, 1.165) is 20.3 Å². The van der Waals surface area contributed by atoms with Gasteiger partial charge in [-0.1, -0.05) is 66.2 Å². The maximum absolute atomic E-state index is 14.0. The van der Waals surface area contributed by atoms with Crippen LogP contribution in [0.25, 0.3) is 11.1 Å². The Kier molecular flexibility index (Phi) is 6.85. The molecule has 1 heterocycles. The molecule has 2 atom stereocenters. The average molecular weight is 553 g/mol. The van der Waals surface area contributed by atoms with Crippen molar-refractivity contribution < 1.29 is 27.9 Å². The van der Waals surface area contributed by atoms with Crippen molar-refractivity contribution in [2.45, 2.75) is 35.6 Å². The van der Waals surface area contributed by atoms with Gasteiger partial charge in [0.15, 0.2) is 0 Å². The van der Waals surface area contributed by atoms with E-state index in [1.165, 1.54) is 12.1 Å². The molecular formula is C28H25ClN2O6S. The predicted molar refractivity (Wildman–Crippen MR) is 141 cm³/mol. The quantitative estimate of drug-likeness (QED) is 0.399. The smallest absolute Gasteiger partial charge is 0.325 e. The normalized spacial score (nSPS) is 21.2. The fourth-order valence-electron chi connectivity index (χ4n) is 5.14. The number of sulfonamides is 1. The molecule has 2 amide bonds. The summed E-state index contributed by atoms with van der Waals surface area (Å²) in [6, 6.07) is 22.2. The van der Waals surface area contributed by atoms with Crippen LogP contribution in [-0.4, -0.2) is 59.1 Å². The topological polar surface area (TPSA) is 112 Å². The molecule has 5 rings (SSSR count). The van der Waals surface area contributed by atoms with Crippen LogP contribution in [0.1, 0.15) is 30.7 Å². The van der Waals surface area contributed by atoms with Crippen LogP contribution in [0.5, 0.6) is 0 Å². The molecule has 0 unspecified atom stereocenters. The second kappa shape index (κ2) is 9.98. The lowest BCUT2D eigenvalue weighted by Gasteiger charge is -2.31. The molecule has 1 saturated heterocycles. The van der Waals surface area contributed by atoms with Crippen molar-refractivity contribution in [3.8, 4) is 11.1 Å². The molecule has 38 heavy (non-hydrogen) atoms. The Labute approximate surface area is 225 Å². The van der Waals surface area contributed by atoms with Crippen molar-refractivity contribution in [2.75, 3.05) is 13.1 Å². The number of likely N-dealkylation sites (tertiary alicyclic amines) is 1. The van der Waals surface area contributed by atoms with Crippen molar-refractivity contribution in [2.24, 2.45) is 0 Å². The molecule has 1 N–H and O–H groups in total. The van der Waals surface area contributed by atoms with Gasteiger partial charge in [-0.2, -0.15) is 4.31 Å². The van der Waals surface area contributed by atoms with Gasteiger partial charge in [0, 0.05) is 36.9 Å². The molecule has 1 aliphatic heterocycles. The van der Waals surface area contributed by atoms with Crippen molar-refractivity contribution in [3.05, 3.63) is 89.4 Å². The summed E-state index contributed by atoms with van der Waals surface area (Å²) in [5, 5.41) is 10.9. The van der Waals surface area contributed by atoms with E-state index in [0.29, 0.717) is 10.6 Å². The Balaban J connectivity index is 1.51. The van der Waals surface area contributed by atoms with Crippen LogP contribution in [0.4, 0.5) is 0 Å². The Morgan fingerprint density at radius 1 is 0.921 bits per heavy atom. The third kappa shape index (κ3) is 4.62. The van der Waals surface area contributed by atoms with Crippen LogP contribution in [0.15, 0.2) is 83.8 Å². The lowest BCUT2D eigenvalue weighted by Crippen LogP contribution is -2.51. The van der Waals surface area contributed by atoms with Crippen LogP contribution in [-0.2, 0) is 24.4 Å². The number of imide groups is 1. The van der Waals surface area contributed by atoms with Crippen LogP contribution in [0.2, 0.25) is 5.02 Å². The number of hydrogen-bond donors (Lipinski definition) is 1. The van der Waals surface area contributed by atoms with E-state index in [1.54, 1.807) is 54.6 Å². The van der Waals surface area contributed by atoms with E-state index in [2.05, 4.69) is 0 Å². The molecule has 196 valence electrons. The van der Waals surface area contributed by atoms with Gasteiger partial charge in [0.2, 0.25) is 21.8 Å². The summed E-state index contributed by atoms with van der Waals surface area (Å²) in [6.07, 6.45) is 0.208. The summed E-state index contributed by atoms with van der Waals surface area (Å²) in [4.78, 5) is 38.1. The summed E-state index contributed by atoms with van der Waals surface area (Å²) in [5.41, 5.74) is 0.582. The molecule has 8 nitrogen and oxygen atoms in total. The minimum Gasteiger partial charge on any atom is -0.480 e. The lowest BCUT2D eigenvalue weighted by atomic mass is 10.1. The second-order valence-corrected chi connectivity index (χ2v) is 11.7. The zero-order chi connectivity index (χ0) is 27.1. The van der Waals surface area contributed by atoms with E-state index in [-0.39, 0.29) is 49.1 Å². The maximum Gasteiger partial charge on any atom is 0.325 e. The molecule has 2 aliphatic rings. The molecule has 1 aliphatic carbocycles. The number of benzene rings is 3. The lowest BCUT2D eigenvalue weighted by molar-refractivity contribution is -0.143. The monoisotopic (exact) mass is 552 g/mol. The summed E-state index contributed by atoms with van der Waals surface area (Å²) in [6.45, 7) is -0.537. The summed E-state index contributed by atoms with van der Waals surface area (Å²) < 4.78 is 29.0. The van der Waals surface area contributed by atoms with Crippen LogP contribution < -0.4 is 0 Å². The highest BCUT2D eigenvalue weighted by Gasteiger charge is 2.68. The predicted octanol–water partition coefficient (Wildman–Crippen LogP) is 4.16. The number of aliphatic carboxylic acids is 1. The minimum absolute atomic E-state index is 0.0639. The summed E-state index contributed by atoms with van der Waals surface area (Å²) in [5.74, 6) is -2.63. The number of halogens is 1. The van der Waals surface area contributed by atoms with Crippen molar-refractivity contribution >= 4 is 39.4 Å². The van der Waals surface area contributed by atoms with E-state index in [9.17, 15) is 27.9 Å². The third-order valence-electron chi connectivity index (χ3n) is 7.25. The molecular weight excluding hydrogens is 528 g/mol. The highest BCUT2D eigenvalue weighted by Crippen LogP contribution is 2.57. The molecule has 3 aromatic rings. The van der Waals surface area contributed by atoms with Gasteiger partial charge in [0.1, 0.15) is 5.54 Å². The van der Waals surface area contributed by atoms with Gasteiger partial charge < -0.3 is 5.11 Å². The Morgan fingerprint density at radius 3 is 2.03 bits per heavy atom. The molecule has 0 spiro atoms. The standard InChI is InChI=1S/C28H25ClN2O6S/c29-22-10-6-19(7-11-22)20-8-12-23(13-9-20)38(36,37)31(17-16-30-25(32)14-15-26(30)33)28(27(34)35)18-24(28)21-4-2-1-3-5-21/h1-13,24H,14-18H2,(H,34,35)/t24-,28+/m0/s1.